The zero-order valence-electron chi connectivity index (χ0n) is 15.5. The molecule has 0 aromatic carbocycles. The number of aryl methyl sites for hydroxylation is 2. The zero-order chi connectivity index (χ0) is 17.6. The summed E-state index contributed by atoms with van der Waals surface area (Å²) >= 11 is 0. The molecule has 2 aromatic heterocycles. The Hall–Kier alpha value is -2.02. The molecule has 1 saturated heterocycles. The number of rotatable bonds is 7. The van der Waals surface area contributed by atoms with Crippen molar-refractivity contribution in [2.24, 2.45) is 0 Å². The van der Waals surface area contributed by atoms with Crippen LogP contribution >= 0.6 is 0 Å². The maximum absolute atomic E-state index is 4.76. The molecule has 1 fully saturated rings. The molecule has 0 spiro atoms. The Morgan fingerprint density at radius 3 is 2.72 bits per heavy atom. The highest BCUT2D eigenvalue weighted by Crippen LogP contribution is 2.21. The molecule has 136 valence electrons. The van der Waals surface area contributed by atoms with Crippen molar-refractivity contribution in [2.75, 3.05) is 24.5 Å². The highest BCUT2D eigenvalue weighted by atomic mass is 15.4. The largest absolute Gasteiger partial charge is 0.356 e. The summed E-state index contributed by atoms with van der Waals surface area (Å²) in [5, 5.41) is 11.5. The molecule has 0 saturated carbocycles. The Morgan fingerprint density at radius 1 is 1.24 bits per heavy atom. The lowest BCUT2D eigenvalue weighted by atomic mass is 10.0. The molecule has 3 heterocycles. The molecule has 1 aliphatic heterocycles. The van der Waals surface area contributed by atoms with E-state index < -0.39 is 0 Å². The van der Waals surface area contributed by atoms with Gasteiger partial charge in [-0.05, 0) is 32.7 Å². The molecule has 1 aliphatic rings. The average Bonchev–Trinajstić information content (AvgIpc) is 3.12. The minimum Gasteiger partial charge on any atom is -0.356 e. The topological polar surface area (TPSA) is 71.8 Å². The average molecular weight is 343 g/mol. The molecule has 7 nitrogen and oxygen atoms in total. The number of anilines is 1. The van der Waals surface area contributed by atoms with Crippen molar-refractivity contribution in [1.82, 2.24) is 30.3 Å². The quantitative estimate of drug-likeness (QED) is 0.777. The predicted molar refractivity (Wildman–Crippen MR) is 98.7 cm³/mol. The van der Waals surface area contributed by atoms with Crippen LogP contribution in [0.2, 0.25) is 0 Å². The van der Waals surface area contributed by atoms with E-state index in [-0.39, 0.29) is 0 Å². The fourth-order valence-electron chi connectivity index (χ4n) is 3.21. The van der Waals surface area contributed by atoms with Gasteiger partial charge in [0.15, 0.2) is 0 Å². The molecule has 3 rings (SSSR count). The number of hydrogen-bond donors (Lipinski definition) is 1. The van der Waals surface area contributed by atoms with Crippen LogP contribution in [0.5, 0.6) is 0 Å². The first-order valence-corrected chi connectivity index (χ1v) is 9.30. The third-order valence-electron chi connectivity index (χ3n) is 4.66. The second-order valence-corrected chi connectivity index (χ2v) is 7.12. The second-order valence-electron chi connectivity index (χ2n) is 7.12. The maximum atomic E-state index is 4.76. The van der Waals surface area contributed by atoms with Gasteiger partial charge in [0, 0.05) is 49.6 Å². The fourth-order valence-corrected chi connectivity index (χ4v) is 3.21. The van der Waals surface area contributed by atoms with E-state index in [1.54, 1.807) is 6.20 Å². The van der Waals surface area contributed by atoms with Crippen molar-refractivity contribution in [3.63, 3.8) is 0 Å². The van der Waals surface area contributed by atoms with Gasteiger partial charge < -0.3 is 10.2 Å². The van der Waals surface area contributed by atoms with Gasteiger partial charge in [-0.2, -0.15) is 0 Å². The van der Waals surface area contributed by atoms with Gasteiger partial charge in [-0.1, -0.05) is 19.1 Å². The van der Waals surface area contributed by atoms with Crippen LogP contribution in [-0.2, 0) is 6.54 Å². The first-order valence-electron chi connectivity index (χ1n) is 9.30. The number of nitrogens with one attached hydrogen (secondary N) is 1. The monoisotopic (exact) mass is 343 g/mol. The highest BCUT2D eigenvalue weighted by molar-refractivity contribution is 5.40. The minimum atomic E-state index is 0.364. The lowest BCUT2D eigenvalue weighted by molar-refractivity contribution is 0.402. The molecule has 0 bridgehead atoms. The first-order chi connectivity index (χ1) is 12.1. The van der Waals surface area contributed by atoms with Crippen molar-refractivity contribution in [1.29, 1.82) is 0 Å². The smallest absolute Gasteiger partial charge is 0.133 e. The van der Waals surface area contributed by atoms with Crippen LogP contribution in [0.1, 0.15) is 50.5 Å². The van der Waals surface area contributed by atoms with E-state index >= 15 is 0 Å². The predicted octanol–water partition coefficient (Wildman–Crippen LogP) is 2.15. The molecule has 0 atom stereocenters. The first kappa shape index (κ1) is 17.8. The van der Waals surface area contributed by atoms with Gasteiger partial charge in [-0.3, -0.25) is 4.68 Å². The molecule has 0 radical (unpaired) electrons. The van der Waals surface area contributed by atoms with Crippen LogP contribution in [0.3, 0.4) is 0 Å². The van der Waals surface area contributed by atoms with Gasteiger partial charge in [-0.15, -0.1) is 5.10 Å². The van der Waals surface area contributed by atoms with Crippen LogP contribution < -0.4 is 10.2 Å². The Labute approximate surface area is 149 Å². The van der Waals surface area contributed by atoms with E-state index in [9.17, 15) is 0 Å². The third-order valence-corrected chi connectivity index (χ3v) is 4.66. The summed E-state index contributed by atoms with van der Waals surface area (Å²) in [5.41, 5.74) is 1.06. The molecule has 7 heteroatoms. The van der Waals surface area contributed by atoms with Crippen LogP contribution in [0.25, 0.3) is 0 Å². The number of nitrogens with zero attached hydrogens (tertiary/aromatic N) is 6. The molecular weight excluding hydrogens is 314 g/mol. The number of piperidine rings is 1. The molecule has 2 aromatic rings. The Morgan fingerprint density at radius 2 is 2.04 bits per heavy atom. The molecule has 0 amide bonds. The second kappa shape index (κ2) is 8.38. The molecule has 1 N–H and O–H groups in total. The van der Waals surface area contributed by atoms with E-state index in [0.29, 0.717) is 12.0 Å². The summed E-state index contributed by atoms with van der Waals surface area (Å²) < 4.78 is 1.88. The summed E-state index contributed by atoms with van der Waals surface area (Å²) in [7, 11) is 0. The lowest BCUT2D eigenvalue weighted by Gasteiger charge is -2.33. The summed E-state index contributed by atoms with van der Waals surface area (Å²) in [6.07, 6.45) is 7.02. The van der Waals surface area contributed by atoms with E-state index in [4.69, 9.17) is 4.98 Å². The van der Waals surface area contributed by atoms with Crippen molar-refractivity contribution >= 4 is 5.82 Å². The van der Waals surface area contributed by atoms with E-state index in [1.807, 2.05) is 10.9 Å². The van der Waals surface area contributed by atoms with Gasteiger partial charge in [0.2, 0.25) is 0 Å². The fraction of sp³-hybridized carbons (Fsp3) is 0.667. The zero-order valence-corrected chi connectivity index (χ0v) is 15.5. The van der Waals surface area contributed by atoms with E-state index in [0.717, 1.165) is 62.8 Å². The standard InChI is InChI=1S/C18H29N7/c1-14(2)18-21-15(3)13-17(22-18)24-10-5-16(6-11-24)19-7-4-9-25-12-8-20-23-25/h8,12-14,16,19H,4-7,9-11H2,1-3H3. The Bertz CT molecular complexity index is 645. The number of aromatic nitrogens is 5. The van der Waals surface area contributed by atoms with Gasteiger partial charge in [-0.25, -0.2) is 9.97 Å². The van der Waals surface area contributed by atoms with Crippen molar-refractivity contribution in [3.8, 4) is 0 Å². The van der Waals surface area contributed by atoms with Crippen molar-refractivity contribution in [3.05, 3.63) is 30.0 Å². The van der Waals surface area contributed by atoms with Crippen LogP contribution in [0, 0.1) is 6.92 Å². The van der Waals surface area contributed by atoms with Gasteiger partial charge >= 0.3 is 0 Å². The maximum Gasteiger partial charge on any atom is 0.133 e. The van der Waals surface area contributed by atoms with E-state index in [1.165, 1.54) is 0 Å². The van der Waals surface area contributed by atoms with Gasteiger partial charge in [0.25, 0.3) is 0 Å². The minimum absolute atomic E-state index is 0.364. The third kappa shape index (κ3) is 4.98. The molecule has 25 heavy (non-hydrogen) atoms. The van der Waals surface area contributed by atoms with Gasteiger partial charge in [0.05, 0.1) is 6.20 Å². The molecule has 0 aliphatic carbocycles. The summed E-state index contributed by atoms with van der Waals surface area (Å²) in [6, 6.07) is 2.71. The van der Waals surface area contributed by atoms with Crippen LogP contribution in [0.15, 0.2) is 18.5 Å². The number of hydrogen-bond acceptors (Lipinski definition) is 6. The summed E-state index contributed by atoms with van der Waals surface area (Å²) in [5.74, 6) is 2.40. The van der Waals surface area contributed by atoms with E-state index in [2.05, 4.69) is 52.4 Å². The van der Waals surface area contributed by atoms with Crippen LogP contribution in [-0.4, -0.2) is 50.6 Å². The molecule has 0 unspecified atom stereocenters. The SMILES string of the molecule is Cc1cc(N2CCC(NCCCn3ccnn3)CC2)nc(C(C)C)n1. The Kier molecular flexibility index (Phi) is 5.96. The summed E-state index contributed by atoms with van der Waals surface area (Å²) in [4.78, 5) is 11.7. The molecular formula is C18H29N7. The van der Waals surface area contributed by atoms with Gasteiger partial charge in [0.1, 0.15) is 11.6 Å². The Balaban J connectivity index is 1.44. The van der Waals surface area contributed by atoms with Crippen LogP contribution in [0.4, 0.5) is 5.82 Å². The summed E-state index contributed by atoms with van der Waals surface area (Å²) in [6.45, 7) is 10.4. The highest BCUT2D eigenvalue weighted by Gasteiger charge is 2.20. The lowest BCUT2D eigenvalue weighted by Crippen LogP contribution is -2.43. The normalized spacial score (nSPS) is 15.9. The van der Waals surface area contributed by atoms with Crippen molar-refractivity contribution < 1.29 is 0 Å². The van der Waals surface area contributed by atoms with Crippen molar-refractivity contribution in [2.45, 2.75) is 58.5 Å².